The quantitative estimate of drug-likeness (QED) is 0.573. The molecular weight excluding hydrogens is 419 g/mol. The molecular formula is C20H14F7NO2. The number of aliphatic hydroxyl groups excluding tert-OH is 1. The molecule has 0 aliphatic rings. The largest absolute Gasteiger partial charge is 0.416 e. The maximum Gasteiger partial charge on any atom is 0.416 e. The third-order valence-electron chi connectivity index (χ3n) is 3.96. The van der Waals surface area contributed by atoms with Crippen LogP contribution >= 0.6 is 0 Å². The highest BCUT2D eigenvalue weighted by Crippen LogP contribution is 2.37. The van der Waals surface area contributed by atoms with Crippen molar-refractivity contribution in [3.8, 4) is 11.8 Å². The van der Waals surface area contributed by atoms with Crippen molar-refractivity contribution in [2.45, 2.75) is 18.8 Å². The van der Waals surface area contributed by atoms with Crippen LogP contribution in [0.3, 0.4) is 0 Å². The first-order valence-corrected chi connectivity index (χ1v) is 8.33. The number of anilines is 1. The monoisotopic (exact) mass is 433 g/mol. The Morgan fingerprint density at radius 1 is 0.933 bits per heavy atom. The van der Waals surface area contributed by atoms with E-state index in [1.807, 2.05) is 0 Å². The number of carbonyl (C=O) groups excluding carboxylic acids is 1. The van der Waals surface area contributed by atoms with Crippen molar-refractivity contribution in [1.29, 1.82) is 0 Å². The predicted octanol–water partition coefficient (Wildman–Crippen LogP) is 4.43. The Balaban J connectivity index is 2.41. The average Bonchev–Trinajstić information content (AvgIpc) is 2.64. The SMILES string of the molecule is O=C(Cc1ccc(C(F)(F)F)cc1C(F)(F)F)N(CC#CCO)c1ccc(F)cc1. The second-order valence-corrected chi connectivity index (χ2v) is 6.01. The van der Waals surface area contributed by atoms with E-state index in [-0.39, 0.29) is 18.3 Å². The van der Waals surface area contributed by atoms with Gasteiger partial charge in [0.15, 0.2) is 0 Å². The minimum atomic E-state index is -5.12. The molecule has 0 fully saturated rings. The summed E-state index contributed by atoms with van der Waals surface area (Å²) in [5, 5.41) is 8.73. The molecule has 0 bridgehead atoms. The summed E-state index contributed by atoms with van der Waals surface area (Å²) in [6.07, 6.45) is -11.0. The molecule has 2 aromatic carbocycles. The van der Waals surface area contributed by atoms with Gasteiger partial charge >= 0.3 is 12.4 Å². The molecule has 0 radical (unpaired) electrons. The second-order valence-electron chi connectivity index (χ2n) is 6.01. The molecule has 0 spiro atoms. The molecule has 2 aromatic rings. The van der Waals surface area contributed by atoms with Crippen LogP contribution in [0.5, 0.6) is 0 Å². The van der Waals surface area contributed by atoms with Crippen LogP contribution in [0.1, 0.15) is 16.7 Å². The van der Waals surface area contributed by atoms with Gasteiger partial charge in [-0.1, -0.05) is 17.9 Å². The number of carbonyl (C=O) groups is 1. The van der Waals surface area contributed by atoms with Crippen LogP contribution in [-0.2, 0) is 23.6 Å². The fourth-order valence-corrected chi connectivity index (χ4v) is 2.56. The molecule has 2 rings (SSSR count). The van der Waals surface area contributed by atoms with E-state index < -0.39 is 53.8 Å². The van der Waals surface area contributed by atoms with Gasteiger partial charge in [-0.15, -0.1) is 0 Å². The highest BCUT2D eigenvalue weighted by Gasteiger charge is 2.38. The van der Waals surface area contributed by atoms with Crippen LogP contribution < -0.4 is 4.90 Å². The molecule has 0 aliphatic heterocycles. The van der Waals surface area contributed by atoms with Crippen LogP contribution in [0, 0.1) is 17.7 Å². The van der Waals surface area contributed by atoms with Gasteiger partial charge in [0.1, 0.15) is 12.4 Å². The molecule has 0 saturated heterocycles. The van der Waals surface area contributed by atoms with E-state index in [1.54, 1.807) is 0 Å². The van der Waals surface area contributed by atoms with E-state index in [1.165, 1.54) is 12.1 Å². The first-order chi connectivity index (χ1) is 13.9. The van der Waals surface area contributed by atoms with Crippen molar-refractivity contribution in [2.75, 3.05) is 18.1 Å². The molecule has 0 heterocycles. The summed E-state index contributed by atoms with van der Waals surface area (Å²) in [4.78, 5) is 13.6. The predicted molar refractivity (Wildman–Crippen MR) is 93.8 cm³/mol. The highest BCUT2D eigenvalue weighted by molar-refractivity contribution is 5.95. The maximum absolute atomic E-state index is 13.3. The van der Waals surface area contributed by atoms with E-state index in [0.29, 0.717) is 12.1 Å². The summed E-state index contributed by atoms with van der Waals surface area (Å²) in [7, 11) is 0. The normalized spacial score (nSPS) is 11.6. The molecule has 3 nitrogen and oxygen atoms in total. The minimum absolute atomic E-state index is 0.0452. The van der Waals surface area contributed by atoms with Crippen LogP contribution in [0.2, 0.25) is 0 Å². The van der Waals surface area contributed by atoms with Gasteiger partial charge in [-0.05, 0) is 42.0 Å². The van der Waals surface area contributed by atoms with E-state index >= 15 is 0 Å². The zero-order valence-corrected chi connectivity index (χ0v) is 15.1. The van der Waals surface area contributed by atoms with Crippen molar-refractivity contribution >= 4 is 11.6 Å². The Bertz CT molecular complexity index is 954. The summed E-state index contributed by atoms with van der Waals surface area (Å²) in [6.45, 7) is -0.852. The van der Waals surface area contributed by atoms with Crippen molar-refractivity contribution in [3.63, 3.8) is 0 Å². The number of hydrogen-bond acceptors (Lipinski definition) is 2. The number of halogens is 7. The van der Waals surface area contributed by atoms with Gasteiger partial charge in [0.25, 0.3) is 0 Å². The molecule has 0 atom stereocenters. The van der Waals surface area contributed by atoms with Gasteiger partial charge in [0.2, 0.25) is 5.91 Å². The zero-order valence-electron chi connectivity index (χ0n) is 15.1. The summed E-state index contributed by atoms with van der Waals surface area (Å²) in [5.41, 5.74) is -3.60. The van der Waals surface area contributed by atoms with E-state index in [2.05, 4.69) is 11.8 Å². The molecule has 1 N–H and O–H groups in total. The third-order valence-corrected chi connectivity index (χ3v) is 3.96. The topological polar surface area (TPSA) is 40.5 Å². The highest BCUT2D eigenvalue weighted by atomic mass is 19.4. The lowest BCUT2D eigenvalue weighted by molar-refractivity contribution is -0.143. The van der Waals surface area contributed by atoms with Crippen molar-refractivity contribution < 1.29 is 40.6 Å². The zero-order chi connectivity index (χ0) is 22.5. The third kappa shape index (κ3) is 5.97. The average molecular weight is 433 g/mol. The number of nitrogens with zero attached hydrogens (tertiary/aromatic N) is 1. The standard InChI is InChI=1S/C20H14F7NO2/c21-15-5-7-16(8-6-15)28(9-1-2-10-29)18(30)11-13-3-4-14(19(22,23)24)12-17(13)20(25,26)27/h3-8,12,29H,9-11H2. The molecule has 0 unspecified atom stereocenters. The Morgan fingerprint density at radius 2 is 1.57 bits per heavy atom. The Morgan fingerprint density at radius 3 is 2.10 bits per heavy atom. The molecule has 0 aliphatic carbocycles. The Kier molecular flexibility index (Phi) is 7.10. The lowest BCUT2D eigenvalue weighted by atomic mass is 10.00. The van der Waals surface area contributed by atoms with Gasteiger partial charge in [-0.25, -0.2) is 4.39 Å². The van der Waals surface area contributed by atoms with Gasteiger partial charge in [0.05, 0.1) is 24.1 Å². The summed E-state index contributed by atoms with van der Waals surface area (Å²) in [5.74, 6) is 3.18. The van der Waals surface area contributed by atoms with Gasteiger partial charge < -0.3 is 10.0 Å². The molecule has 0 aromatic heterocycles. The first-order valence-electron chi connectivity index (χ1n) is 8.33. The smallest absolute Gasteiger partial charge is 0.384 e. The molecule has 0 saturated carbocycles. The molecule has 1 amide bonds. The minimum Gasteiger partial charge on any atom is -0.384 e. The summed E-state index contributed by atoms with van der Waals surface area (Å²) >= 11 is 0. The second kappa shape index (κ2) is 9.17. The number of alkyl halides is 6. The van der Waals surface area contributed by atoms with Crippen LogP contribution in [-0.4, -0.2) is 24.2 Å². The lowest BCUT2D eigenvalue weighted by Crippen LogP contribution is -2.33. The molecule has 10 heteroatoms. The van der Waals surface area contributed by atoms with Crippen LogP contribution in [0.15, 0.2) is 42.5 Å². The van der Waals surface area contributed by atoms with Gasteiger partial charge in [-0.2, -0.15) is 26.3 Å². The maximum atomic E-state index is 13.3. The number of hydrogen-bond donors (Lipinski definition) is 1. The summed E-state index contributed by atoms with van der Waals surface area (Å²) in [6, 6.07) is 5.47. The fourth-order valence-electron chi connectivity index (χ4n) is 2.56. The van der Waals surface area contributed by atoms with Crippen molar-refractivity contribution in [1.82, 2.24) is 0 Å². The van der Waals surface area contributed by atoms with E-state index in [4.69, 9.17) is 5.11 Å². The van der Waals surface area contributed by atoms with E-state index in [9.17, 15) is 35.5 Å². The van der Waals surface area contributed by atoms with Gasteiger partial charge in [0, 0.05) is 5.69 Å². The number of amides is 1. The Labute approximate surface area is 166 Å². The van der Waals surface area contributed by atoms with Crippen molar-refractivity contribution in [2.24, 2.45) is 0 Å². The first kappa shape index (κ1) is 23.2. The van der Waals surface area contributed by atoms with Crippen LogP contribution in [0.4, 0.5) is 36.4 Å². The fraction of sp³-hybridized carbons (Fsp3) is 0.250. The molecule has 30 heavy (non-hydrogen) atoms. The number of benzene rings is 2. The number of rotatable bonds is 4. The van der Waals surface area contributed by atoms with Crippen molar-refractivity contribution in [3.05, 3.63) is 65.0 Å². The van der Waals surface area contributed by atoms with E-state index in [0.717, 1.165) is 17.0 Å². The Hall–Kier alpha value is -3.06. The van der Waals surface area contributed by atoms with Gasteiger partial charge in [-0.3, -0.25) is 4.79 Å². The molecule has 160 valence electrons. The lowest BCUT2D eigenvalue weighted by Gasteiger charge is -2.22. The summed E-state index contributed by atoms with van der Waals surface area (Å²) < 4.78 is 91.4. The number of aliphatic hydroxyl groups is 1. The van der Waals surface area contributed by atoms with Crippen LogP contribution in [0.25, 0.3) is 0 Å².